The maximum atomic E-state index is 5.63. The Morgan fingerprint density at radius 3 is 2.60 bits per heavy atom. The van der Waals surface area contributed by atoms with Gasteiger partial charge in [-0.25, -0.2) is 0 Å². The lowest BCUT2D eigenvalue weighted by Gasteiger charge is -2.46. The van der Waals surface area contributed by atoms with Crippen molar-refractivity contribution in [1.82, 2.24) is 4.98 Å². The third-order valence-corrected chi connectivity index (χ3v) is 3.52. The van der Waals surface area contributed by atoms with Crippen molar-refractivity contribution in [3.63, 3.8) is 0 Å². The third kappa shape index (κ3) is 1.77. The van der Waals surface area contributed by atoms with Gasteiger partial charge in [-0.2, -0.15) is 0 Å². The second-order valence-corrected chi connectivity index (χ2v) is 4.36. The van der Waals surface area contributed by atoms with Crippen molar-refractivity contribution >= 4 is 0 Å². The van der Waals surface area contributed by atoms with E-state index in [1.807, 2.05) is 12.4 Å². The maximum Gasteiger partial charge on any atom is 0.0588 e. The van der Waals surface area contributed by atoms with Crippen LogP contribution in [-0.2, 0) is 10.2 Å². The normalized spacial score (nSPS) is 20.7. The molecule has 1 atom stereocenters. The summed E-state index contributed by atoms with van der Waals surface area (Å²) in [5.74, 6) is 0.568. The number of rotatable bonds is 4. The number of hydrogen-bond donors (Lipinski definition) is 1. The summed E-state index contributed by atoms with van der Waals surface area (Å²) < 4.78 is 5.40. The van der Waals surface area contributed by atoms with Gasteiger partial charge in [-0.1, -0.05) is 6.92 Å². The Hall–Kier alpha value is -0.930. The van der Waals surface area contributed by atoms with Crippen molar-refractivity contribution in [2.24, 2.45) is 11.7 Å². The van der Waals surface area contributed by atoms with Crippen molar-refractivity contribution in [3.8, 4) is 0 Å². The number of ether oxygens (including phenoxy) is 1. The summed E-state index contributed by atoms with van der Waals surface area (Å²) in [6, 6.07) is 4.19. The summed E-state index contributed by atoms with van der Waals surface area (Å²) in [5.41, 5.74) is 7.15. The molecule has 0 amide bonds. The standard InChI is InChI=1S/C12H18N2O/c1-10(2-5-13)12(8-15-9-12)11-3-6-14-7-4-11/h3-4,6-7,10H,2,5,8-9,13H2,1H3. The summed E-state index contributed by atoms with van der Waals surface area (Å²) in [5, 5.41) is 0. The van der Waals surface area contributed by atoms with Gasteiger partial charge in [0.2, 0.25) is 0 Å². The van der Waals surface area contributed by atoms with Crippen LogP contribution in [0.2, 0.25) is 0 Å². The highest BCUT2D eigenvalue weighted by Gasteiger charge is 2.44. The molecule has 1 aliphatic heterocycles. The van der Waals surface area contributed by atoms with Crippen LogP contribution in [0, 0.1) is 5.92 Å². The van der Waals surface area contributed by atoms with Gasteiger partial charge in [-0.15, -0.1) is 0 Å². The molecule has 0 spiro atoms. The number of hydrogen-bond acceptors (Lipinski definition) is 3. The van der Waals surface area contributed by atoms with E-state index in [0.717, 1.165) is 26.2 Å². The fourth-order valence-electron chi connectivity index (χ4n) is 2.27. The number of pyridine rings is 1. The predicted octanol–water partition coefficient (Wildman–Crippen LogP) is 1.33. The Kier molecular flexibility index (Phi) is 3.03. The average molecular weight is 206 g/mol. The molecular weight excluding hydrogens is 188 g/mol. The first-order valence-electron chi connectivity index (χ1n) is 5.48. The first kappa shape index (κ1) is 10.6. The first-order valence-corrected chi connectivity index (χ1v) is 5.48. The second-order valence-electron chi connectivity index (χ2n) is 4.36. The van der Waals surface area contributed by atoms with Crippen molar-refractivity contribution in [1.29, 1.82) is 0 Å². The Labute approximate surface area is 90.7 Å². The molecule has 1 aliphatic rings. The quantitative estimate of drug-likeness (QED) is 0.808. The van der Waals surface area contributed by atoms with E-state index in [1.165, 1.54) is 5.56 Å². The molecule has 0 radical (unpaired) electrons. The van der Waals surface area contributed by atoms with Gasteiger partial charge in [0.15, 0.2) is 0 Å². The van der Waals surface area contributed by atoms with Crippen LogP contribution in [0.1, 0.15) is 18.9 Å². The first-order chi connectivity index (χ1) is 7.29. The van der Waals surface area contributed by atoms with Crippen LogP contribution in [0.15, 0.2) is 24.5 Å². The van der Waals surface area contributed by atoms with Crippen molar-refractivity contribution in [2.45, 2.75) is 18.8 Å². The Morgan fingerprint density at radius 2 is 2.13 bits per heavy atom. The lowest BCUT2D eigenvalue weighted by molar-refractivity contribution is -0.0883. The SMILES string of the molecule is CC(CCN)C1(c2ccncc2)COC1. The minimum atomic E-state index is 0.183. The van der Waals surface area contributed by atoms with Gasteiger partial charge in [-0.3, -0.25) is 4.98 Å². The van der Waals surface area contributed by atoms with Crippen molar-refractivity contribution in [2.75, 3.05) is 19.8 Å². The number of aromatic nitrogens is 1. The fraction of sp³-hybridized carbons (Fsp3) is 0.583. The molecule has 0 aliphatic carbocycles. The summed E-state index contributed by atoms with van der Waals surface area (Å²) in [6.07, 6.45) is 4.75. The molecule has 2 rings (SSSR count). The van der Waals surface area contributed by atoms with E-state index in [0.29, 0.717) is 5.92 Å². The highest BCUT2D eigenvalue weighted by Crippen LogP contribution is 2.40. The van der Waals surface area contributed by atoms with E-state index in [2.05, 4.69) is 24.0 Å². The fourth-order valence-corrected chi connectivity index (χ4v) is 2.27. The molecule has 1 aromatic rings. The molecule has 0 aromatic carbocycles. The highest BCUT2D eigenvalue weighted by molar-refractivity contribution is 5.26. The number of nitrogens with two attached hydrogens (primary N) is 1. The third-order valence-electron chi connectivity index (χ3n) is 3.52. The van der Waals surface area contributed by atoms with E-state index < -0.39 is 0 Å². The maximum absolute atomic E-state index is 5.63. The molecule has 3 heteroatoms. The van der Waals surface area contributed by atoms with Crippen LogP contribution in [-0.4, -0.2) is 24.7 Å². The molecular formula is C12H18N2O. The molecule has 1 saturated heterocycles. The Bertz CT molecular complexity index is 309. The monoisotopic (exact) mass is 206 g/mol. The summed E-state index contributed by atoms with van der Waals surface area (Å²) in [6.45, 7) is 4.64. The van der Waals surface area contributed by atoms with Crippen LogP contribution < -0.4 is 5.73 Å². The van der Waals surface area contributed by atoms with Gasteiger partial charge in [0, 0.05) is 17.8 Å². The van der Waals surface area contributed by atoms with E-state index in [9.17, 15) is 0 Å². The number of nitrogens with zero attached hydrogens (tertiary/aromatic N) is 1. The molecule has 0 saturated carbocycles. The van der Waals surface area contributed by atoms with E-state index in [4.69, 9.17) is 10.5 Å². The molecule has 1 aromatic heterocycles. The molecule has 2 N–H and O–H groups in total. The molecule has 1 fully saturated rings. The van der Waals surface area contributed by atoms with Gasteiger partial charge in [0.1, 0.15) is 0 Å². The molecule has 2 heterocycles. The molecule has 0 bridgehead atoms. The van der Waals surface area contributed by atoms with Gasteiger partial charge in [-0.05, 0) is 36.6 Å². The van der Waals surface area contributed by atoms with Crippen LogP contribution in [0.3, 0.4) is 0 Å². The lowest BCUT2D eigenvalue weighted by atomic mass is 9.68. The highest BCUT2D eigenvalue weighted by atomic mass is 16.5. The van der Waals surface area contributed by atoms with Crippen LogP contribution >= 0.6 is 0 Å². The molecule has 3 nitrogen and oxygen atoms in total. The topological polar surface area (TPSA) is 48.1 Å². The van der Waals surface area contributed by atoms with Gasteiger partial charge >= 0.3 is 0 Å². The summed E-state index contributed by atoms with van der Waals surface area (Å²) >= 11 is 0. The predicted molar refractivity (Wildman–Crippen MR) is 59.6 cm³/mol. The summed E-state index contributed by atoms with van der Waals surface area (Å²) in [7, 11) is 0. The van der Waals surface area contributed by atoms with E-state index in [1.54, 1.807) is 0 Å². The molecule has 82 valence electrons. The van der Waals surface area contributed by atoms with Gasteiger partial charge < -0.3 is 10.5 Å². The van der Waals surface area contributed by atoms with E-state index >= 15 is 0 Å². The van der Waals surface area contributed by atoms with Crippen LogP contribution in [0.25, 0.3) is 0 Å². The van der Waals surface area contributed by atoms with Crippen LogP contribution in [0.4, 0.5) is 0 Å². The smallest absolute Gasteiger partial charge is 0.0588 e. The zero-order chi connectivity index (χ0) is 10.7. The van der Waals surface area contributed by atoms with Crippen LogP contribution in [0.5, 0.6) is 0 Å². The van der Waals surface area contributed by atoms with Gasteiger partial charge in [0.25, 0.3) is 0 Å². The minimum Gasteiger partial charge on any atom is -0.379 e. The average Bonchev–Trinajstić information content (AvgIpc) is 2.18. The second kappa shape index (κ2) is 4.29. The Morgan fingerprint density at radius 1 is 1.47 bits per heavy atom. The molecule has 1 unspecified atom stereocenters. The zero-order valence-electron chi connectivity index (χ0n) is 9.15. The zero-order valence-corrected chi connectivity index (χ0v) is 9.15. The minimum absolute atomic E-state index is 0.183. The largest absolute Gasteiger partial charge is 0.379 e. The van der Waals surface area contributed by atoms with E-state index in [-0.39, 0.29) is 5.41 Å². The molecule has 15 heavy (non-hydrogen) atoms. The Balaban J connectivity index is 2.22. The van der Waals surface area contributed by atoms with Gasteiger partial charge in [0.05, 0.1) is 13.2 Å². The van der Waals surface area contributed by atoms with Crippen molar-refractivity contribution < 1.29 is 4.74 Å². The summed E-state index contributed by atoms with van der Waals surface area (Å²) in [4.78, 5) is 4.06. The lowest BCUT2D eigenvalue weighted by Crippen LogP contribution is -2.52. The van der Waals surface area contributed by atoms with Crippen molar-refractivity contribution in [3.05, 3.63) is 30.1 Å².